The first-order valence-electron chi connectivity index (χ1n) is 20.7. The molecule has 290 valence electrons. The second kappa shape index (κ2) is 14.6. The lowest BCUT2D eigenvalue weighted by Gasteiger charge is -2.34. The van der Waals surface area contributed by atoms with E-state index in [9.17, 15) is 0 Å². The number of rotatable bonds is 7. The van der Waals surface area contributed by atoms with Crippen LogP contribution in [0.4, 0.5) is 17.1 Å². The fourth-order valence-electron chi connectivity index (χ4n) is 10.3. The van der Waals surface area contributed by atoms with Crippen LogP contribution >= 0.6 is 0 Å². The predicted octanol–water partition coefficient (Wildman–Crippen LogP) is 16.0. The maximum absolute atomic E-state index is 2.48. The Kier molecular flexibility index (Phi) is 8.99. The standard InChI is InChI=1S/C58H43N.CH4.H2/c1-57(2)51-29-15-12-25-46(51)47-38-37-45(39-54(47)57)59(44-35-33-41(34-36-44)40-19-6-3-7-20-40)55-32-17-14-26-48(55)49-28-18-31-53-56(49)50-27-13-16-30-52(50)58(53,42-21-8-4-9-22-42)43-23-10-5-11-24-43;;/h3-39H,1-2H3;1H4;1H. The van der Waals surface area contributed by atoms with Crippen molar-refractivity contribution in [1.82, 2.24) is 0 Å². The van der Waals surface area contributed by atoms with Gasteiger partial charge in [0.05, 0.1) is 11.1 Å². The van der Waals surface area contributed by atoms with E-state index in [1.807, 2.05) is 0 Å². The van der Waals surface area contributed by atoms with Crippen LogP contribution in [0.25, 0.3) is 44.5 Å². The Balaban J connectivity index is 0.00000238. The second-order valence-electron chi connectivity index (χ2n) is 16.4. The minimum Gasteiger partial charge on any atom is -0.310 e. The number of nitrogens with zero attached hydrogens (tertiary/aromatic N) is 1. The fraction of sp³-hybridized carbons (Fsp3) is 0.0847. The average Bonchev–Trinajstić information content (AvgIpc) is 3.73. The van der Waals surface area contributed by atoms with E-state index in [0.717, 1.165) is 17.1 Å². The number of hydrogen-bond acceptors (Lipinski definition) is 1. The van der Waals surface area contributed by atoms with Gasteiger partial charge in [-0.15, -0.1) is 0 Å². The lowest BCUT2D eigenvalue weighted by molar-refractivity contribution is 0.660. The van der Waals surface area contributed by atoms with Gasteiger partial charge in [-0.05, 0) is 103 Å². The number of fused-ring (bicyclic) bond motifs is 6. The summed E-state index contributed by atoms with van der Waals surface area (Å²) in [6.45, 7) is 4.73. The molecule has 0 saturated heterocycles. The van der Waals surface area contributed by atoms with Gasteiger partial charge in [-0.25, -0.2) is 0 Å². The lowest BCUT2D eigenvalue weighted by atomic mass is 9.67. The van der Waals surface area contributed by atoms with Crippen molar-refractivity contribution in [3.8, 4) is 44.5 Å². The van der Waals surface area contributed by atoms with Crippen LogP contribution in [-0.4, -0.2) is 0 Å². The van der Waals surface area contributed by atoms with Crippen LogP contribution in [0.2, 0.25) is 0 Å². The van der Waals surface area contributed by atoms with Crippen LogP contribution < -0.4 is 4.90 Å². The minimum atomic E-state index is -0.479. The molecule has 9 aromatic rings. The molecule has 11 rings (SSSR count). The fourth-order valence-corrected chi connectivity index (χ4v) is 10.3. The SMILES string of the molecule is C.CC1(C)c2ccccc2-c2ccc(N(c3ccc(-c4ccccc4)cc3)c3ccccc3-c3cccc4c3-c3ccccc3C4(c3ccccc3)c3ccccc3)cc21.[HH]. The van der Waals surface area contributed by atoms with Crippen LogP contribution in [0.3, 0.4) is 0 Å². The van der Waals surface area contributed by atoms with E-state index in [1.165, 1.54) is 77.9 Å². The summed E-state index contributed by atoms with van der Waals surface area (Å²) in [5.74, 6) is 0. The van der Waals surface area contributed by atoms with Gasteiger partial charge in [0.1, 0.15) is 0 Å². The van der Waals surface area contributed by atoms with Gasteiger partial charge in [0.2, 0.25) is 0 Å². The third-order valence-corrected chi connectivity index (χ3v) is 13.0. The molecule has 0 atom stereocenters. The Hall–Kier alpha value is -7.22. The van der Waals surface area contributed by atoms with Gasteiger partial charge < -0.3 is 4.90 Å². The highest BCUT2D eigenvalue weighted by Gasteiger charge is 2.47. The first-order chi connectivity index (χ1) is 29.0. The summed E-state index contributed by atoms with van der Waals surface area (Å²) >= 11 is 0. The zero-order valence-electron chi connectivity index (χ0n) is 33.3. The van der Waals surface area contributed by atoms with Crippen LogP contribution in [0.1, 0.15) is 56.1 Å². The van der Waals surface area contributed by atoms with E-state index in [2.05, 4.69) is 243 Å². The third-order valence-electron chi connectivity index (χ3n) is 13.0. The largest absolute Gasteiger partial charge is 0.310 e. The highest BCUT2D eigenvalue weighted by atomic mass is 15.1. The van der Waals surface area contributed by atoms with Crippen molar-refractivity contribution in [2.75, 3.05) is 4.90 Å². The number of benzene rings is 9. The van der Waals surface area contributed by atoms with Crippen LogP contribution in [0, 0.1) is 0 Å². The molecule has 0 aromatic heterocycles. The lowest BCUT2D eigenvalue weighted by Crippen LogP contribution is -2.28. The molecule has 2 aliphatic carbocycles. The van der Waals surface area contributed by atoms with Gasteiger partial charge in [-0.1, -0.05) is 215 Å². The molecule has 1 nitrogen and oxygen atoms in total. The van der Waals surface area contributed by atoms with Gasteiger partial charge in [-0.2, -0.15) is 0 Å². The van der Waals surface area contributed by atoms with Gasteiger partial charge >= 0.3 is 0 Å². The Labute approximate surface area is 356 Å². The highest BCUT2D eigenvalue weighted by Crippen LogP contribution is 2.59. The predicted molar refractivity (Wildman–Crippen MR) is 256 cm³/mol. The van der Waals surface area contributed by atoms with Crippen LogP contribution in [0.15, 0.2) is 224 Å². The normalized spacial score (nSPS) is 13.6. The molecular weight excluding hydrogens is 723 g/mol. The zero-order chi connectivity index (χ0) is 39.6. The molecule has 2 aliphatic rings. The Morgan fingerprint density at radius 3 is 1.52 bits per heavy atom. The average molecular weight is 772 g/mol. The zero-order valence-corrected chi connectivity index (χ0v) is 33.3. The number of para-hydroxylation sites is 1. The number of anilines is 3. The van der Waals surface area contributed by atoms with E-state index >= 15 is 0 Å². The molecule has 0 amide bonds. The maximum atomic E-state index is 2.48. The number of hydrogen-bond donors (Lipinski definition) is 0. The van der Waals surface area contributed by atoms with E-state index in [4.69, 9.17) is 0 Å². The molecule has 0 radical (unpaired) electrons. The molecule has 1 heteroatoms. The maximum Gasteiger partial charge on any atom is 0.0713 e. The molecule has 0 bridgehead atoms. The summed E-state index contributed by atoms with van der Waals surface area (Å²) in [5.41, 5.74) is 20.7. The second-order valence-corrected chi connectivity index (χ2v) is 16.4. The molecule has 0 fully saturated rings. The van der Waals surface area contributed by atoms with Crippen molar-refractivity contribution in [3.63, 3.8) is 0 Å². The smallest absolute Gasteiger partial charge is 0.0713 e. The monoisotopic (exact) mass is 771 g/mol. The Bertz CT molecular complexity index is 2960. The molecule has 9 aromatic carbocycles. The van der Waals surface area contributed by atoms with Crippen LogP contribution in [0.5, 0.6) is 0 Å². The van der Waals surface area contributed by atoms with Crippen molar-refractivity contribution < 1.29 is 1.43 Å². The Morgan fingerprint density at radius 2 is 0.833 bits per heavy atom. The van der Waals surface area contributed by atoms with Gasteiger partial charge in [0.25, 0.3) is 0 Å². The summed E-state index contributed by atoms with van der Waals surface area (Å²) in [6.07, 6.45) is 0. The molecule has 0 unspecified atom stereocenters. The quantitative estimate of drug-likeness (QED) is 0.156. The van der Waals surface area contributed by atoms with Crippen molar-refractivity contribution >= 4 is 17.1 Å². The topological polar surface area (TPSA) is 3.24 Å². The van der Waals surface area contributed by atoms with E-state index in [0.29, 0.717) is 0 Å². The first-order valence-corrected chi connectivity index (χ1v) is 20.7. The third kappa shape index (κ3) is 5.53. The highest BCUT2D eigenvalue weighted by molar-refractivity contribution is 6.00. The van der Waals surface area contributed by atoms with Gasteiger partial charge in [0, 0.05) is 23.8 Å². The summed E-state index contributed by atoms with van der Waals surface area (Å²) < 4.78 is 0. The van der Waals surface area contributed by atoms with E-state index in [-0.39, 0.29) is 14.3 Å². The summed E-state index contributed by atoms with van der Waals surface area (Å²) in [4.78, 5) is 2.48. The van der Waals surface area contributed by atoms with Crippen molar-refractivity contribution in [3.05, 3.63) is 258 Å². The molecule has 0 saturated carbocycles. The molecule has 0 heterocycles. The summed E-state index contributed by atoms with van der Waals surface area (Å²) in [6, 6.07) is 82.9. The molecule has 60 heavy (non-hydrogen) atoms. The van der Waals surface area contributed by atoms with Crippen molar-refractivity contribution in [1.29, 1.82) is 0 Å². The van der Waals surface area contributed by atoms with Gasteiger partial charge in [-0.3, -0.25) is 0 Å². The van der Waals surface area contributed by atoms with Crippen molar-refractivity contribution in [2.24, 2.45) is 0 Å². The molecule has 0 N–H and O–H groups in total. The summed E-state index contributed by atoms with van der Waals surface area (Å²) in [7, 11) is 0. The minimum absolute atomic E-state index is 0. The van der Waals surface area contributed by atoms with E-state index in [1.54, 1.807) is 0 Å². The van der Waals surface area contributed by atoms with Crippen LogP contribution in [-0.2, 0) is 10.8 Å². The van der Waals surface area contributed by atoms with Crippen molar-refractivity contribution in [2.45, 2.75) is 32.1 Å². The molecule has 0 aliphatic heterocycles. The van der Waals surface area contributed by atoms with Gasteiger partial charge in [0.15, 0.2) is 0 Å². The molecule has 0 spiro atoms. The van der Waals surface area contributed by atoms with E-state index < -0.39 is 5.41 Å². The Morgan fingerprint density at radius 1 is 0.350 bits per heavy atom. The summed E-state index contributed by atoms with van der Waals surface area (Å²) in [5, 5.41) is 0. The first kappa shape index (κ1) is 37.1. The molecular formula is C59H49N.